The van der Waals surface area contributed by atoms with Gasteiger partial charge in [-0.1, -0.05) is 6.07 Å². The number of fused-ring (bicyclic) bond motifs is 1. The molecule has 0 atom stereocenters. The van der Waals surface area contributed by atoms with Crippen LogP contribution in [-0.4, -0.2) is 15.9 Å². The van der Waals surface area contributed by atoms with Gasteiger partial charge in [0.1, 0.15) is 5.65 Å². The quantitative estimate of drug-likeness (QED) is 0.832. The summed E-state index contributed by atoms with van der Waals surface area (Å²) in [6.07, 6.45) is 0.833. The van der Waals surface area contributed by atoms with Crippen LogP contribution in [0.5, 0.6) is 0 Å². The van der Waals surface area contributed by atoms with Crippen LogP contribution >= 0.6 is 15.9 Å². The van der Waals surface area contributed by atoms with Crippen LogP contribution in [0.1, 0.15) is 11.4 Å². The van der Waals surface area contributed by atoms with E-state index in [1.165, 1.54) is 0 Å². The second-order valence-corrected chi connectivity index (χ2v) is 4.04. The van der Waals surface area contributed by atoms with E-state index >= 15 is 0 Å². The zero-order chi connectivity index (χ0) is 10.1. The van der Waals surface area contributed by atoms with Gasteiger partial charge in [-0.3, -0.25) is 4.40 Å². The number of imidazole rings is 1. The van der Waals surface area contributed by atoms with Gasteiger partial charge in [-0.2, -0.15) is 0 Å². The molecular formula is C10H12BrN3. The molecule has 0 saturated carbocycles. The predicted octanol–water partition coefficient (Wildman–Crippen LogP) is 1.91. The topological polar surface area (TPSA) is 43.3 Å². The molecule has 0 aliphatic rings. The number of aryl methyl sites for hydroxylation is 1. The fraction of sp³-hybridized carbons (Fsp3) is 0.300. The summed E-state index contributed by atoms with van der Waals surface area (Å²) in [5.41, 5.74) is 8.75. The van der Waals surface area contributed by atoms with Crippen molar-refractivity contribution >= 4 is 21.6 Å². The highest BCUT2D eigenvalue weighted by atomic mass is 79.9. The fourth-order valence-corrected chi connectivity index (χ4v) is 2.21. The highest BCUT2D eigenvalue weighted by Gasteiger charge is 2.08. The molecular weight excluding hydrogens is 242 g/mol. The molecule has 0 spiro atoms. The molecule has 2 rings (SSSR count). The van der Waals surface area contributed by atoms with E-state index < -0.39 is 0 Å². The van der Waals surface area contributed by atoms with Crippen LogP contribution in [0.3, 0.4) is 0 Å². The van der Waals surface area contributed by atoms with Gasteiger partial charge >= 0.3 is 0 Å². The van der Waals surface area contributed by atoms with Gasteiger partial charge in [0.05, 0.1) is 10.3 Å². The minimum atomic E-state index is 0.641. The van der Waals surface area contributed by atoms with Crippen LogP contribution in [0.15, 0.2) is 22.8 Å². The monoisotopic (exact) mass is 253 g/mol. The summed E-state index contributed by atoms with van der Waals surface area (Å²) >= 11 is 3.50. The third-order valence-electron chi connectivity index (χ3n) is 2.31. The average Bonchev–Trinajstić information content (AvgIpc) is 2.46. The predicted molar refractivity (Wildman–Crippen MR) is 60.4 cm³/mol. The van der Waals surface area contributed by atoms with E-state index in [4.69, 9.17) is 5.73 Å². The number of rotatable bonds is 2. The van der Waals surface area contributed by atoms with Crippen molar-refractivity contribution in [2.45, 2.75) is 13.3 Å². The van der Waals surface area contributed by atoms with Crippen LogP contribution in [0.2, 0.25) is 0 Å². The molecule has 0 radical (unpaired) electrons. The van der Waals surface area contributed by atoms with Gasteiger partial charge in [-0.25, -0.2) is 4.98 Å². The van der Waals surface area contributed by atoms with Crippen molar-refractivity contribution in [1.29, 1.82) is 0 Å². The molecule has 0 unspecified atom stereocenters. The number of pyridine rings is 1. The fourth-order valence-electron chi connectivity index (χ4n) is 1.61. The second kappa shape index (κ2) is 3.71. The summed E-state index contributed by atoms with van der Waals surface area (Å²) in [7, 11) is 0. The Labute approximate surface area is 91.1 Å². The van der Waals surface area contributed by atoms with Crippen molar-refractivity contribution in [3.63, 3.8) is 0 Å². The van der Waals surface area contributed by atoms with Gasteiger partial charge in [0.2, 0.25) is 0 Å². The Kier molecular flexibility index (Phi) is 2.56. The number of nitrogens with two attached hydrogens (primary N) is 1. The average molecular weight is 254 g/mol. The molecule has 0 amide bonds. The minimum Gasteiger partial charge on any atom is -0.330 e. The Hall–Kier alpha value is -0.870. The molecule has 2 aromatic heterocycles. The zero-order valence-corrected chi connectivity index (χ0v) is 9.58. The molecule has 74 valence electrons. The molecule has 0 saturated heterocycles. The number of hydrogen-bond donors (Lipinski definition) is 1. The van der Waals surface area contributed by atoms with Gasteiger partial charge in [0.25, 0.3) is 0 Å². The van der Waals surface area contributed by atoms with E-state index in [-0.39, 0.29) is 0 Å². The molecule has 2 N–H and O–H groups in total. The maximum Gasteiger partial charge on any atom is 0.138 e. The standard InChI is InChI=1S/C10H12BrN3/c1-7-8(5-6-12)13-10-4-2-3-9(11)14(7)10/h2-4H,5-6,12H2,1H3. The molecule has 2 aromatic rings. The van der Waals surface area contributed by atoms with E-state index in [1.54, 1.807) is 0 Å². The first kappa shape index (κ1) is 9.68. The van der Waals surface area contributed by atoms with Gasteiger partial charge in [-0.05, 0) is 41.5 Å². The van der Waals surface area contributed by atoms with Gasteiger partial charge < -0.3 is 5.73 Å². The normalized spacial score (nSPS) is 11.1. The number of aromatic nitrogens is 2. The lowest BCUT2D eigenvalue weighted by Crippen LogP contribution is -2.04. The zero-order valence-electron chi connectivity index (χ0n) is 8.00. The van der Waals surface area contributed by atoms with Gasteiger partial charge in [0, 0.05) is 12.1 Å². The van der Waals surface area contributed by atoms with Crippen molar-refractivity contribution in [3.05, 3.63) is 34.2 Å². The van der Waals surface area contributed by atoms with Crippen molar-refractivity contribution in [3.8, 4) is 0 Å². The molecule has 0 aliphatic carbocycles. The van der Waals surface area contributed by atoms with Crippen LogP contribution in [-0.2, 0) is 6.42 Å². The van der Waals surface area contributed by atoms with Crippen molar-refractivity contribution in [2.75, 3.05) is 6.54 Å². The highest BCUT2D eigenvalue weighted by molar-refractivity contribution is 9.10. The lowest BCUT2D eigenvalue weighted by molar-refractivity contribution is 0.918. The van der Waals surface area contributed by atoms with E-state index in [1.807, 2.05) is 18.2 Å². The summed E-state index contributed by atoms with van der Waals surface area (Å²) in [5.74, 6) is 0. The Balaban J connectivity index is 2.68. The van der Waals surface area contributed by atoms with E-state index in [9.17, 15) is 0 Å². The SMILES string of the molecule is Cc1c(CCN)nc2cccc(Br)n12. The van der Waals surface area contributed by atoms with Crippen LogP contribution < -0.4 is 5.73 Å². The molecule has 3 nitrogen and oxygen atoms in total. The summed E-state index contributed by atoms with van der Waals surface area (Å²) < 4.78 is 3.12. The third kappa shape index (κ3) is 1.44. The van der Waals surface area contributed by atoms with Crippen LogP contribution in [0.25, 0.3) is 5.65 Å². The maximum absolute atomic E-state index is 5.53. The second-order valence-electron chi connectivity index (χ2n) is 3.22. The molecule has 0 aliphatic heterocycles. The summed E-state index contributed by atoms with van der Waals surface area (Å²) in [5, 5.41) is 0. The van der Waals surface area contributed by atoms with Gasteiger partial charge in [0.15, 0.2) is 0 Å². The van der Waals surface area contributed by atoms with Crippen molar-refractivity contribution in [1.82, 2.24) is 9.38 Å². The number of halogens is 1. The lowest BCUT2D eigenvalue weighted by Gasteiger charge is -1.99. The Morgan fingerprint density at radius 2 is 2.29 bits per heavy atom. The molecule has 0 bridgehead atoms. The Morgan fingerprint density at radius 3 is 2.93 bits per heavy atom. The summed E-state index contributed by atoms with van der Waals surface area (Å²) in [6, 6.07) is 5.99. The van der Waals surface area contributed by atoms with Gasteiger partial charge in [-0.15, -0.1) is 0 Å². The third-order valence-corrected chi connectivity index (χ3v) is 2.92. The van der Waals surface area contributed by atoms with Crippen molar-refractivity contribution < 1.29 is 0 Å². The minimum absolute atomic E-state index is 0.641. The van der Waals surface area contributed by atoms with Crippen LogP contribution in [0.4, 0.5) is 0 Å². The van der Waals surface area contributed by atoms with E-state index in [2.05, 4.69) is 32.2 Å². The van der Waals surface area contributed by atoms with E-state index in [0.717, 1.165) is 28.1 Å². The van der Waals surface area contributed by atoms with Crippen molar-refractivity contribution in [2.24, 2.45) is 5.73 Å². The largest absolute Gasteiger partial charge is 0.330 e. The lowest BCUT2D eigenvalue weighted by atomic mass is 10.2. The Bertz CT molecular complexity index is 462. The highest BCUT2D eigenvalue weighted by Crippen LogP contribution is 2.18. The molecule has 0 fully saturated rings. The first-order valence-electron chi connectivity index (χ1n) is 4.56. The summed E-state index contributed by atoms with van der Waals surface area (Å²) in [6.45, 7) is 2.71. The maximum atomic E-state index is 5.53. The van der Waals surface area contributed by atoms with E-state index in [0.29, 0.717) is 6.54 Å². The molecule has 14 heavy (non-hydrogen) atoms. The Morgan fingerprint density at radius 1 is 1.50 bits per heavy atom. The molecule has 4 heteroatoms. The first-order valence-corrected chi connectivity index (χ1v) is 5.36. The number of nitrogens with zero attached hydrogens (tertiary/aromatic N) is 2. The molecule has 2 heterocycles. The smallest absolute Gasteiger partial charge is 0.138 e. The number of hydrogen-bond acceptors (Lipinski definition) is 2. The molecule has 0 aromatic carbocycles. The first-order chi connectivity index (χ1) is 6.74. The summed E-state index contributed by atoms with van der Waals surface area (Å²) in [4.78, 5) is 4.52. The van der Waals surface area contributed by atoms with Crippen LogP contribution in [0, 0.1) is 6.92 Å².